The molecule has 0 aromatic heterocycles. The van der Waals surface area contributed by atoms with Crippen LogP contribution in [-0.2, 0) is 0 Å². The highest BCUT2D eigenvalue weighted by Gasteiger charge is 2.26. The number of amides is 1. The van der Waals surface area contributed by atoms with Crippen LogP contribution in [-0.4, -0.2) is 35.1 Å². The molecule has 1 amide bonds. The van der Waals surface area contributed by atoms with Crippen LogP contribution in [0.1, 0.15) is 30.1 Å². The van der Waals surface area contributed by atoms with Crippen molar-refractivity contribution in [3.05, 3.63) is 33.3 Å². The van der Waals surface area contributed by atoms with Gasteiger partial charge in [0.2, 0.25) is 0 Å². The van der Waals surface area contributed by atoms with Gasteiger partial charge in [0.25, 0.3) is 5.91 Å². The van der Waals surface area contributed by atoms with Crippen LogP contribution in [0.25, 0.3) is 0 Å². The number of rotatable bonds is 2. The lowest BCUT2D eigenvalue weighted by molar-refractivity contribution is 0.0521. The number of carbonyl (C=O) groups excluding carboxylic acids is 1. The summed E-state index contributed by atoms with van der Waals surface area (Å²) < 4.78 is 0.846. The fourth-order valence-corrected chi connectivity index (χ4v) is 2.98. The zero-order valence-corrected chi connectivity index (χ0v) is 13.1. The summed E-state index contributed by atoms with van der Waals surface area (Å²) in [6.07, 6.45) is 1.39. The third-order valence-corrected chi connectivity index (χ3v) is 4.49. The second-order valence-electron chi connectivity index (χ2n) is 4.99. The lowest BCUT2D eigenvalue weighted by atomic mass is 9.92. The summed E-state index contributed by atoms with van der Waals surface area (Å²) in [7, 11) is 0. The first-order valence-electron chi connectivity index (χ1n) is 6.41. The highest BCUT2D eigenvalue weighted by molar-refractivity contribution is 9.10. The van der Waals surface area contributed by atoms with E-state index in [1.807, 2.05) is 17.9 Å². The monoisotopic (exact) mass is 345 g/mol. The van der Waals surface area contributed by atoms with E-state index in [0.717, 1.165) is 17.3 Å². The van der Waals surface area contributed by atoms with E-state index in [-0.39, 0.29) is 12.0 Å². The Bertz CT molecular complexity index is 471. The lowest BCUT2D eigenvalue weighted by Crippen LogP contribution is -2.40. The molecule has 1 heterocycles. The molecule has 0 saturated carbocycles. The van der Waals surface area contributed by atoms with Crippen LogP contribution >= 0.6 is 27.5 Å². The Morgan fingerprint density at radius 2 is 2.11 bits per heavy atom. The Morgan fingerprint density at radius 1 is 1.47 bits per heavy atom. The molecule has 1 aromatic carbocycles. The molecule has 104 valence electrons. The minimum atomic E-state index is -0.299. The molecule has 1 N–H and O–H groups in total. The van der Waals surface area contributed by atoms with Crippen molar-refractivity contribution >= 4 is 33.4 Å². The molecule has 0 spiro atoms. The van der Waals surface area contributed by atoms with Crippen molar-refractivity contribution < 1.29 is 9.90 Å². The number of hydrogen-bond donors (Lipinski definition) is 1. The van der Waals surface area contributed by atoms with E-state index in [0.29, 0.717) is 29.6 Å². The summed E-state index contributed by atoms with van der Waals surface area (Å²) >= 11 is 9.44. The average Bonchev–Trinajstić information content (AvgIpc) is 2.41. The smallest absolute Gasteiger partial charge is 0.255 e. The first-order chi connectivity index (χ1) is 8.99. The van der Waals surface area contributed by atoms with Gasteiger partial charge in [-0.05, 0) is 43.9 Å². The van der Waals surface area contributed by atoms with E-state index in [4.69, 9.17) is 11.6 Å². The predicted molar refractivity (Wildman–Crippen MR) is 79.5 cm³/mol. The molecule has 0 aliphatic carbocycles. The van der Waals surface area contributed by atoms with Crippen LogP contribution in [0.2, 0.25) is 5.02 Å². The van der Waals surface area contributed by atoms with Crippen molar-refractivity contribution in [2.45, 2.75) is 25.9 Å². The molecular formula is C14H17BrClNO2. The van der Waals surface area contributed by atoms with Gasteiger partial charge >= 0.3 is 0 Å². The van der Waals surface area contributed by atoms with Crippen molar-refractivity contribution in [1.82, 2.24) is 4.90 Å². The molecule has 3 nitrogen and oxygen atoms in total. The van der Waals surface area contributed by atoms with Crippen molar-refractivity contribution in [1.29, 1.82) is 0 Å². The predicted octanol–water partition coefficient (Wildman–Crippen LogP) is 3.34. The standard InChI is InChI=1S/C14H17BrClNO2/c1-9(18)10-4-6-17(7-5-10)14(19)12-8-11(15)2-3-13(12)16/h2-3,8-10,18H,4-7H2,1H3. The first-order valence-corrected chi connectivity index (χ1v) is 7.58. The van der Waals surface area contributed by atoms with E-state index in [9.17, 15) is 9.90 Å². The van der Waals surface area contributed by atoms with Gasteiger partial charge in [-0.1, -0.05) is 27.5 Å². The summed E-state index contributed by atoms with van der Waals surface area (Å²) in [5.41, 5.74) is 0.534. The zero-order chi connectivity index (χ0) is 14.0. The third kappa shape index (κ3) is 3.50. The number of halogens is 2. The topological polar surface area (TPSA) is 40.5 Å². The maximum atomic E-state index is 12.4. The SMILES string of the molecule is CC(O)C1CCN(C(=O)c2cc(Br)ccc2Cl)CC1. The summed E-state index contributed by atoms with van der Waals surface area (Å²) in [6.45, 7) is 3.17. The Hall–Kier alpha value is -0.580. The second-order valence-corrected chi connectivity index (χ2v) is 6.32. The molecule has 1 atom stereocenters. The van der Waals surface area contributed by atoms with Crippen LogP contribution in [0, 0.1) is 5.92 Å². The molecule has 2 rings (SSSR count). The maximum Gasteiger partial charge on any atom is 0.255 e. The van der Waals surface area contributed by atoms with Gasteiger partial charge in [-0.3, -0.25) is 4.79 Å². The van der Waals surface area contributed by atoms with Gasteiger partial charge in [-0.15, -0.1) is 0 Å². The van der Waals surface area contributed by atoms with Crippen LogP contribution in [0.5, 0.6) is 0 Å². The van der Waals surface area contributed by atoms with Gasteiger partial charge in [0, 0.05) is 17.6 Å². The van der Waals surface area contributed by atoms with E-state index < -0.39 is 0 Å². The van der Waals surface area contributed by atoms with E-state index in [1.54, 1.807) is 12.1 Å². The van der Waals surface area contributed by atoms with Gasteiger partial charge in [0.1, 0.15) is 0 Å². The van der Waals surface area contributed by atoms with Crippen LogP contribution < -0.4 is 0 Å². The Morgan fingerprint density at radius 3 is 2.68 bits per heavy atom. The Kier molecular flexibility index (Phi) is 4.87. The van der Waals surface area contributed by atoms with Gasteiger partial charge in [-0.25, -0.2) is 0 Å². The molecule has 1 fully saturated rings. The molecule has 1 aromatic rings. The molecule has 1 aliphatic rings. The summed E-state index contributed by atoms with van der Waals surface area (Å²) in [5.74, 6) is 0.261. The summed E-state index contributed by atoms with van der Waals surface area (Å²) in [5, 5.41) is 10.0. The molecule has 5 heteroatoms. The number of nitrogens with zero attached hydrogens (tertiary/aromatic N) is 1. The van der Waals surface area contributed by atoms with Crippen molar-refractivity contribution in [2.75, 3.05) is 13.1 Å². The normalized spacial score (nSPS) is 18.4. The molecule has 19 heavy (non-hydrogen) atoms. The van der Waals surface area contributed by atoms with Crippen LogP contribution in [0.15, 0.2) is 22.7 Å². The number of piperidine rings is 1. The molecule has 0 bridgehead atoms. The summed E-state index contributed by atoms with van der Waals surface area (Å²) in [4.78, 5) is 14.2. The van der Waals surface area contributed by atoms with Gasteiger partial charge in [-0.2, -0.15) is 0 Å². The Balaban J connectivity index is 2.07. The largest absolute Gasteiger partial charge is 0.393 e. The first kappa shape index (κ1) is 14.8. The highest BCUT2D eigenvalue weighted by atomic mass is 79.9. The van der Waals surface area contributed by atoms with Gasteiger partial charge in [0.15, 0.2) is 0 Å². The van der Waals surface area contributed by atoms with Crippen molar-refractivity contribution in [3.63, 3.8) is 0 Å². The summed E-state index contributed by atoms with van der Waals surface area (Å²) in [6, 6.07) is 5.30. The lowest BCUT2D eigenvalue weighted by Gasteiger charge is -2.33. The van der Waals surface area contributed by atoms with Crippen molar-refractivity contribution in [3.8, 4) is 0 Å². The maximum absolute atomic E-state index is 12.4. The molecule has 1 saturated heterocycles. The minimum Gasteiger partial charge on any atom is -0.393 e. The minimum absolute atomic E-state index is 0.0321. The fraction of sp³-hybridized carbons (Fsp3) is 0.500. The Labute approximate surface area is 126 Å². The molecular weight excluding hydrogens is 330 g/mol. The fourth-order valence-electron chi connectivity index (χ4n) is 2.42. The molecule has 1 aliphatic heterocycles. The number of likely N-dealkylation sites (tertiary alicyclic amines) is 1. The quantitative estimate of drug-likeness (QED) is 0.892. The highest BCUT2D eigenvalue weighted by Crippen LogP contribution is 2.26. The van der Waals surface area contributed by atoms with Crippen LogP contribution in [0.3, 0.4) is 0 Å². The number of hydrogen-bond acceptors (Lipinski definition) is 2. The van der Waals surface area contributed by atoms with Gasteiger partial charge in [0.05, 0.1) is 16.7 Å². The van der Waals surface area contributed by atoms with Crippen molar-refractivity contribution in [2.24, 2.45) is 5.92 Å². The van der Waals surface area contributed by atoms with E-state index >= 15 is 0 Å². The number of benzene rings is 1. The van der Waals surface area contributed by atoms with E-state index in [1.165, 1.54) is 0 Å². The second kappa shape index (κ2) is 6.25. The van der Waals surface area contributed by atoms with E-state index in [2.05, 4.69) is 15.9 Å². The molecule has 0 radical (unpaired) electrons. The van der Waals surface area contributed by atoms with Crippen LogP contribution in [0.4, 0.5) is 0 Å². The zero-order valence-electron chi connectivity index (χ0n) is 10.8. The van der Waals surface area contributed by atoms with Gasteiger partial charge < -0.3 is 10.0 Å². The number of aliphatic hydroxyl groups excluding tert-OH is 1. The number of aliphatic hydroxyl groups is 1. The average molecular weight is 347 g/mol. The number of carbonyl (C=O) groups is 1. The molecule has 1 unspecified atom stereocenters. The third-order valence-electron chi connectivity index (χ3n) is 3.67.